The average Bonchev–Trinajstić information content (AvgIpc) is 3.06. The summed E-state index contributed by atoms with van der Waals surface area (Å²) in [7, 11) is 0. The van der Waals surface area contributed by atoms with Gasteiger partial charge in [0, 0.05) is 18.8 Å². The number of amides is 1. The summed E-state index contributed by atoms with van der Waals surface area (Å²) in [6, 6.07) is 2.33. The van der Waals surface area contributed by atoms with Crippen LogP contribution in [0, 0.1) is 18.3 Å². The van der Waals surface area contributed by atoms with Gasteiger partial charge in [0.25, 0.3) is 0 Å². The van der Waals surface area contributed by atoms with Gasteiger partial charge in [0.2, 0.25) is 5.91 Å². The molecule has 11 heteroatoms. The van der Waals surface area contributed by atoms with E-state index < -0.39 is 17.3 Å². The molecule has 0 aromatic carbocycles. The van der Waals surface area contributed by atoms with E-state index in [0.29, 0.717) is 18.9 Å². The summed E-state index contributed by atoms with van der Waals surface area (Å²) >= 11 is 0. The lowest BCUT2D eigenvalue weighted by Crippen LogP contribution is -2.41. The Morgan fingerprint density at radius 1 is 1.42 bits per heavy atom. The highest BCUT2D eigenvalue weighted by atomic mass is 19.4. The van der Waals surface area contributed by atoms with Crippen LogP contribution in [-0.4, -0.2) is 43.6 Å². The molecular weight excluding hydrogens is 351 g/mol. The molecule has 0 fully saturated rings. The fourth-order valence-corrected chi connectivity index (χ4v) is 2.69. The lowest BCUT2D eigenvalue weighted by Gasteiger charge is -2.27. The lowest BCUT2D eigenvalue weighted by atomic mass is 10.1. The molecule has 26 heavy (non-hydrogen) atoms. The quantitative estimate of drug-likeness (QED) is 0.881. The van der Waals surface area contributed by atoms with Crippen LogP contribution in [0.2, 0.25) is 0 Å². The van der Waals surface area contributed by atoms with Crippen molar-refractivity contribution in [1.29, 1.82) is 5.26 Å². The summed E-state index contributed by atoms with van der Waals surface area (Å²) in [5, 5.41) is 19.3. The first kappa shape index (κ1) is 17.7. The van der Waals surface area contributed by atoms with Gasteiger partial charge in [0.15, 0.2) is 5.82 Å². The smallest absolute Gasteiger partial charge is 0.360 e. The van der Waals surface area contributed by atoms with Crippen LogP contribution in [0.15, 0.2) is 12.4 Å². The van der Waals surface area contributed by atoms with Crippen LogP contribution in [0.25, 0.3) is 0 Å². The number of fused-ring (bicyclic) bond motifs is 1. The van der Waals surface area contributed by atoms with Crippen LogP contribution in [-0.2, 0) is 24.1 Å². The van der Waals surface area contributed by atoms with Gasteiger partial charge >= 0.3 is 6.18 Å². The third-order valence-electron chi connectivity index (χ3n) is 3.96. The molecule has 0 aliphatic carbocycles. The number of hydrogen-bond donors (Lipinski definition) is 1. The Kier molecular flexibility index (Phi) is 4.50. The van der Waals surface area contributed by atoms with Gasteiger partial charge in [-0.05, 0) is 13.0 Å². The average molecular weight is 365 g/mol. The van der Waals surface area contributed by atoms with Crippen LogP contribution >= 0.6 is 0 Å². The first-order valence-electron chi connectivity index (χ1n) is 7.67. The third kappa shape index (κ3) is 3.44. The Balaban J connectivity index is 1.75. The molecule has 2 aromatic rings. The van der Waals surface area contributed by atoms with Gasteiger partial charge in [-0.15, -0.1) is 10.2 Å². The summed E-state index contributed by atoms with van der Waals surface area (Å²) in [6.45, 7) is 2.35. The van der Waals surface area contributed by atoms with Crippen molar-refractivity contribution in [2.24, 2.45) is 0 Å². The van der Waals surface area contributed by atoms with Crippen LogP contribution in [0.5, 0.6) is 0 Å². The van der Waals surface area contributed by atoms with E-state index in [9.17, 15) is 18.0 Å². The fraction of sp³-hybridized carbons (Fsp3) is 0.400. The van der Waals surface area contributed by atoms with E-state index in [1.54, 1.807) is 6.33 Å². The number of nitrogens with zero attached hydrogens (tertiary/aromatic N) is 6. The van der Waals surface area contributed by atoms with Gasteiger partial charge in [-0.2, -0.15) is 18.4 Å². The minimum absolute atomic E-state index is 0.0948. The number of anilines is 1. The van der Waals surface area contributed by atoms with Gasteiger partial charge < -0.3 is 14.8 Å². The number of aromatic nitrogens is 4. The molecule has 2 aromatic heterocycles. The number of carbonyl (C=O) groups is 1. The van der Waals surface area contributed by atoms with E-state index in [1.165, 1.54) is 17.9 Å². The van der Waals surface area contributed by atoms with E-state index in [0.717, 1.165) is 6.07 Å². The number of halogens is 3. The summed E-state index contributed by atoms with van der Waals surface area (Å²) in [5.74, 6) is 0.0451. The zero-order chi connectivity index (χ0) is 18.9. The minimum atomic E-state index is -4.68. The lowest BCUT2D eigenvalue weighted by molar-refractivity contribution is -0.137. The fourth-order valence-electron chi connectivity index (χ4n) is 2.69. The van der Waals surface area contributed by atoms with Crippen molar-refractivity contribution in [3.8, 4) is 6.07 Å². The molecule has 0 atom stereocenters. The number of nitriles is 1. The van der Waals surface area contributed by atoms with Crippen molar-refractivity contribution in [1.82, 2.24) is 24.6 Å². The molecule has 1 N–H and O–H groups in total. The second-order valence-electron chi connectivity index (χ2n) is 5.75. The summed E-state index contributed by atoms with van der Waals surface area (Å²) < 4.78 is 41.1. The van der Waals surface area contributed by atoms with Crippen molar-refractivity contribution in [2.75, 3.05) is 18.4 Å². The Labute approximate surface area is 146 Å². The number of nitrogens with one attached hydrogen (secondary N) is 1. The van der Waals surface area contributed by atoms with Gasteiger partial charge in [0.05, 0.1) is 18.7 Å². The van der Waals surface area contributed by atoms with Crippen LogP contribution < -0.4 is 5.32 Å². The van der Waals surface area contributed by atoms with Crippen molar-refractivity contribution >= 4 is 11.7 Å². The van der Waals surface area contributed by atoms with Gasteiger partial charge in [-0.1, -0.05) is 0 Å². The highest BCUT2D eigenvalue weighted by molar-refractivity contribution is 5.81. The van der Waals surface area contributed by atoms with Gasteiger partial charge in [-0.25, -0.2) is 4.98 Å². The molecule has 0 saturated heterocycles. The number of pyridine rings is 1. The minimum Gasteiger partial charge on any atom is -0.360 e. The summed E-state index contributed by atoms with van der Waals surface area (Å²) in [5.41, 5.74) is -1.61. The van der Waals surface area contributed by atoms with E-state index in [1.807, 2.05) is 4.57 Å². The van der Waals surface area contributed by atoms with Gasteiger partial charge in [-0.3, -0.25) is 4.79 Å². The number of rotatable bonds is 3. The summed E-state index contributed by atoms with van der Waals surface area (Å²) in [4.78, 5) is 17.8. The van der Waals surface area contributed by atoms with Crippen molar-refractivity contribution in [2.45, 2.75) is 26.2 Å². The number of aryl methyl sites for hydroxylation is 1. The van der Waals surface area contributed by atoms with E-state index in [2.05, 4.69) is 20.5 Å². The van der Waals surface area contributed by atoms with Crippen molar-refractivity contribution in [3.63, 3.8) is 0 Å². The first-order chi connectivity index (χ1) is 12.3. The SMILES string of the molecule is Cc1cc(C(F)(F)F)c(C#N)c(NCC(=O)N2CCn3cnnc3C2)n1. The molecule has 3 heterocycles. The van der Waals surface area contributed by atoms with Crippen molar-refractivity contribution < 1.29 is 18.0 Å². The topological polar surface area (TPSA) is 99.7 Å². The molecule has 1 aliphatic rings. The van der Waals surface area contributed by atoms with Crippen LogP contribution in [0.1, 0.15) is 22.6 Å². The molecule has 8 nitrogen and oxygen atoms in total. The molecule has 0 spiro atoms. The predicted octanol–water partition coefficient (Wildman–Crippen LogP) is 1.33. The molecule has 1 aliphatic heterocycles. The maximum atomic E-state index is 13.1. The standard InChI is InChI=1S/C15H14F3N7O/c1-9-4-11(15(16,17)18)10(5-19)14(22-9)20-6-13(26)24-2-3-25-8-21-23-12(25)7-24/h4,8H,2-3,6-7H2,1H3,(H,20,22). The Bertz CT molecular complexity index is 884. The van der Waals surface area contributed by atoms with E-state index >= 15 is 0 Å². The maximum Gasteiger partial charge on any atom is 0.417 e. The zero-order valence-corrected chi connectivity index (χ0v) is 13.7. The molecular formula is C15H14F3N7O. The van der Waals surface area contributed by atoms with Crippen LogP contribution in [0.4, 0.5) is 19.0 Å². The Morgan fingerprint density at radius 2 is 2.19 bits per heavy atom. The maximum absolute atomic E-state index is 13.1. The first-order valence-corrected chi connectivity index (χ1v) is 7.67. The number of hydrogen-bond acceptors (Lipinski definition) is 6. The largest absolute Gasteiger partial charge is 0.417 e. The number of alkyl halides is 3. The highest BCUT2D eigenvalue weighted by Gasteiger charge is 2.35. The van der Waals surface area contributed by atoms with Gasteiger partial charge in [0.1, 0.15) is 23.8 Å². The predicted molar refractivity (Wildman–Crippen MR) is 82.6 cm³/mol. The normalized spacial score (nSPS) is 13.9. The molecule has 0 bridgehead atoms. The van der Waals surface area contributed by atoms with E-state index in [4.69, 9.17) is 5.26 Å². The Morgan fingerprint density at radius 3 is 2.88 bits per heavy atom. The molecule has 0 saturated carbocycles. The third-order valence-corrected chi connectivity index (χ3v) is 3.96. The highest BCUT2D eigenvalue weighted by Crippen LogP contribution is 2.34. The Hall–Kier alpha value is -3.16. The molecule has 3 rings (SSSR count). The van der Waals surface area contributed by atoms with E-state index in [-0.39, 0.29) is 30.5 Å². The monoisotopic (exact) mass is 365 g/mol. The molecule has 136 valence electrons. The van der Waals surface area contributed by atoms with Crippen molar-refractivity contribution in [3.05, 3.63) is 35.0 Å². The molecule has 1 amide bonds. The molecule has 0 unspecified atom stereocenters. The summed E-state index contributed by atoms with van der Waals surface area (Å²) in [6.07, 6.45) is -3.11. The molecule has 0 radical (unpaired) electrons. The van der Waals surface area contributed by atoms with Crippen LogP contribution in [0.3, 0.4) is 0 Å². The number of carbonyl (C=O) groups excluding carboxylic acids is 1. The zero-order valence-electron chi connectivity index (χ0n) is 13.7. The second kappa shape index (κ2) is 6.62. The second-order valence-corrected chi connectivity index (χ2v) is 5.75.